The number of alkyl halides is 1. The lowest BCUT2D eigenvalue weighted by molar-refractivity contribution is 0.184. The summed E-state index contributed by atoms with van der Waals surface area (Å²) in [5.41, 5.74) is 2.02. The van der Waals surface area contributed by atoms with Gasteiger partial charge < -0.3 is 5.32 Å². The van der Waals surface area contributed by atoms with Crippen molar-refractivity contribution in [2.24, 2.45) is 5.92 Å². The molecular formula is C13H22FN3. The zero-order valence-corrected chi connectivity index (χ0v) is 10.7. The number of hydrogen-bond donors (Lipinski definition) is 1. The Morgan fingerprint density at radius 1 is 1.53 bits per heavy atom. The maximum Gasteiger partial charge on any atom is 0.109 e. The highest BCUT2D eigenvalue weighted by atomic mass is 19.1. The van der Waals surface area contributed by atoms with Crippen LogP contribution in [0, 0.1) is 12.8 Å². The fourth-order valence-corrected chi connectivity index (χ4v) is 2.61. The Hall–Kier alpha value is -0.900. The minimum absolute atomic E-state index is 0.219. The summed E-state index contributed by atoms with van der Waals surface area (Å²) in [5.74, 6) is 0.219. The molecule has 2 heterocycles. The second-order valence-electron chi connectivity index (χ2n) is 4.90. The molecule has 1 atom stereocenters. The molecule has 1 saturated heterocycles. The van der Waals surface area contributed by atoms with Gasteiger partial charge in [0.25, 0.3) is 0 Å². The number of rotatable bonds is 4. The van der Waals surface area contributed by atoms with Gasteiger partial charge in [0, 0.05) is 18.7 Å². The van der Waals surface area contributed by atoms with Crippen LogP contribution in [0.3, 0.4) is 0 Å². The summed E-state index contributed by atoms with van der Waals surface area (Å²) in [4.78, 5) is 0. The van der Waals surface area contributed by atoms with Gasteiger partial charge in [-0.1, -0.05) is 0 Å². The Labute approximate surface area is 102 Å². The molecule has 0 bridgehead atoms. The lowest BCUT2D eigenvalue weighted by Crippen LogP contribution is -2.33. The van der Waals surface area contributed by atoms with Gasteiger partial charge in [-0.2, -0.15) is 5.10 Å². The number of aromatic nitrogens is 2. The van der Waals surface area contributed by atoms with Crippen molar-refractivity contribution in [3.63, 3.8) is 0 Å². The van der Waals surface area contributed by atoms with Crippen molar-refractivity contribution >= 4 is 0 Å². The number of aryl methyl sites for hydroxylation is 2. The fraction of sp³-hybridized carbons (Fsp3) is 0.769. The molecule has 0 amide bonds. The van der Waals surface area contributed by atoms with E-state index >= 15 is 0 Å². The fourth-order valence-electron chi connectivity index (χ4n) is 2.61. The quantitative estimate of drug-likeness (QED) is 0.872. The molecule has 0 radical (unpaired) electrons. The molecule has 17 heavy (non-hydrogen) atoms. The summed E-state index contributed by atoms with van der Waals surface area (Å²) in [6, 6.07) is 2.01. The van der Waals surface area contributed by atoms with Crippen LogP contribution in [0.2, 0.25) is 0 Å². The monoisotopic (exact) mass is 239 g/mol. The smallest absolute Gasteiger partial charge is 0.109 e. The second kappa shape index (κ2) is 5.63. The topological polar surface area (TPSA) is 29.9 Å². The first-order valence-corrected chi connectivity index (χ1v) is 6.58. The Bertz CT molecular complexity index is 356. The van der Waals surface area contributed by atoms with E-state index in [2.05, 4.69) is 10.4 Å². The zero-order chi connectivity index (χ0) is 12.3. The summed E-state index contributed by atoms with van der Waals surface area (Å²) in [6.45, 7) is 6.75. The predicted molar refractivity (Wildman–Crippen MR) is 66.8 cm³/mol. The van der Waals surface area contributed by atoms with Crippen LogP contribution < -0.4 is 5.32 Å². The maximum atomic E-state index is 14.2. The molecule has 96 valence electrons. The number of nitrogens with zero attached hydrogens (tertiary/aromatic N) is 2. The van der Waals surface area contributed by atoms with Gasteiger partial charge in [-0.3, -0.25) is 4.68 Å². The van der Waals surface area contributed by atoms with Gasteiger partial charge >= 0.3 is 0 Å². The molecule has 0 saturated carbocycles. The van der Waals surface area contributed by atoms with Crippen molar-refractivity contribution in [1.82, 2.24) is 15.1 Å². The van der Waals surface area contributed by atoms with Crippen molar-refractivity contribution in [1.29, 1.82) is 0 Å². The van der Waals surface area contributed by atoms with E-state index in [1.165, 1.54) is 0 Å². The average molecular weight is 239 g/mol. The van der Waals surface area contributed by atoms with Crippen molar-refractivity contribution in [3.8, 4) is 0 Å². The Morgan fingerprint density at radius 2 is 2.24 bits per heavy atom. The molecular weight excluding hydrogens is 217 g/mol. The molecule has 1 unspecified atom stereocenters. The number of halogens is 1. The largest absolute Gasteiger partial charge is 0.317 e. The number of hydrogen-bond acceptors (Lipinski definition) is 2. The molecule has 0 aromatic carbocycles. The molecule has 1 aromatic heterocycles. The number of piperidine rings is 1. The van der Waals surface area contributed by atoms with Crippen molar-refractivity contribution in [3.05, 3.63) is 17.5 Å². The first kappa shape index (κ1) is 12.6. The van der Waals surface area contributed by atoms with Gasteiger partial charge in [0.05, 0.1) is 5.69 Å². The van der Waals surface area contributed by atoms with E-state index < -0.39 is 6.17 Å². The van der Waals surface area contributed by atoms with Gasteiger partial charge in [-0.15, -0.1) is 0 Å². The van der Waals surface area contributed by atoms with Gasteiger partial charge in [0.15, 0.2) is 0 Å². The Kier molecular flexibility index (Phi) is 4.15. The standard InChI is InChI=1S/C13H22FN3/c1-3-17-12(8-10(2)16-17)9-13(14)11-4-6-15-7-5-11/h8,11,13,15H,3-7,9H2,1-2H3. The minimum Gasteiger partial charge on any atom is -0.317 e. The van der Waals surface area contributed by atoms with E-state index in [0.717, 1.165) is 43.9 Å². The highest BCUT2D eigenvalue weighted by Gasteiger charge is 2.24. The average Bonchev–Trinajstić information content (AvgIpc) is 2.70. The third-order valence-electron chi connectivity index (χ3n) is 3.58. The zero-order valence-electron chi connectivity index (χ0n) is 10.7. The van der Waals surface area contributed by atoms with Crippen LogP contribution in [0.1, 0.15) is 31.2 Å². The molecule has 1 N–H and O–H groups in total. The van der Waals surface area contributed by atoms with E-state index in [0.29, 0.717) is 6.42 Å². The van der Waals surface area contributed by atoms with E-state index in [1.54, 1.807) is 0 Å². The third kappa shape index (κ3) is 3.06. The van der Waals surface area contributed by atoms with E-state index in [-0.39, 0.29) is 5.92 Å². The SMILES string of the molecule is CCn1nc(C)cc1CC(F)C1CCNCC1. The predicted octanol–water partition coefficient (Wildman–Crippen LogP) is 2.09. The van der Waals surface area contributed by atoms with E-state index in [9.17, 15) is 4.39 Å². The summed E-state index contributed by atoms with van der Waals surface area (Å²) in [7, 11) is 0. The van der Waals surface area contributed by atoms with Crippen LogP contribution >= 0.6 is 0 Å². The summed E-state index contributed by atoms with van der Waals surface area (Å²) >= 11 is 0. The Balaban J connectivity index is 1.98. The van der Waals surface area contributed by atoms with Crippen LogP contribution in [0.4, 0.5) is 4.39 Å². The second-order valence-corrected chi connectivity index (χ2v) is 4.90. The van der Waals surface area contributed by atoms with Crippen LogP contribution in [-0.4, -0.2) is 29.0 Å². The first-order chi connectivity index (χ1) is 8.20. The highest BCUT2D eigenvalue weighted by Crippen LogP contribution is 2.22. The van der Waals surface area contributed by atoms with Gasteiger partial charge in [-0.05, 0) is 51.8 Å². The lowest BCUT2D eigenvalue weighted by atomic mass is 9.91. The van der Waals surface area contributed by atoms with E-state index in [1.807, 2.05) is 24.6 Å². The Morgan fingerprint density at radius 3 is 2.88 bits per heavy atom. The van der Waals surface area contributed by atoms with Crippen molar-refractivity contribution in [2.45, 2.75) is 45.8 Å². The molecule has 1 aliphatic heterocycles. The summed E-state index contributed by atoms with van der Waals surface area (Å²) < 4.78 is 16.2. The normalized spacial score (nSPS) is 19.5. The minimum atomic E-state index is -0.724. The van der Waals surface area contributed by atoms with Crippen LogP contribution in [0.15, 0.2) is 6.07 Å². The molecule has 0 aliphatic carbocycles. The summed E-state index contributed by atoms with van der Waals surface area (Å²) in [6.07, 6.45) is 1.71. The van der Waals surface area contributed by atoms with Gasteiger partial charge in [0.1, 0.15) is 6.17 Å². The van der Waals surface area contributed by atoms with Crippen molar-refractivity contribution in [2.75, 3.05) is 13.1 Å². The van der Waals surface area contributed by atoms with Crippen LogP contribution in [-0.2, 0) is 13.0 Å². The third-order valence-corrected chi connectivity index (χ3v) is 3.58. The van der Waals surface area contributed by atoms with E-state index in [4.69, 9.17) is 0 Å². The van der Waals surface area contributed by atoms with Gasteiger partial charge in [0.2, 0.25) is 0 Å². The van der Waals surface area contributed by atoms with Crippen LogP contribution in [0.5, 0.6) is 0 Å². The molecule has 1 aromatic rings. The lowest BCUT2D eigenvalue weighted by Gasteiger charge is -2.25. The van der Waals surface area contributed by atoms with Crippen molar-refractivity contribution < 1.29 is 4.39 Å². The first-order valence-electron chi connectivity index (χ1n) is 6.58. The van der Waals surface area contributed by atoms with Gasteiger partial charge in [-0.25, -0.2) is 4.39 Å². The molecule has 2 rings (SSSR count). The molecule has 4 heteroatoms. The summed E-state index contributed by atoms with van der Waals surface area (Å²) in [5, 5.41) is 7.64. The molecule has 0 spiro atoms. The molecule has 1 fully saturated rings. The molecule has 3 nitrogen and oxygen atoms in total. The maximum absolute atomic E-state index is 14.2. The highest BCUT2D eigenvalue weighted by molar-refractivity contribution is 5.10. The molecule has 1 aliphatic rings. The van der Waals surface area contributed by atoms with Crippen LogP contribution in [0.25, 0.3) is 0 Å². The number of nitrogens with one attached hydrogen (secondary N) is 1.